The minimum absolute atomic E-state index is 0.0105. The lowest BCUT2D eigenvalue weighted by atomic mass is 9.97. The van der Waals surface area contributed by atoms with E-state index in [0.717, 1.165) is 32.5 Å². The van der Waals surface area contributed by atoms with Crippen LogP contribution < -0.4 is 10.5 Å². The summed E-state index contributed by atoms with van der Waals surface area (Å²) in [4.78, 5) is 32.7. The number of likely N-dealkylation sites (tertiary alicyclic amines) is 1. The molecule has 7 heteroatoms. The van der Waals surface area contributed by atoms with E-state index in [1.807, 2.05) is 4.90 Å². The van der Waals surface area contributed by atoms with Crippen LogP contribution in [0, 0.1) is 11.8 Å². The first-order valence-corrected chi connectivity index (χ1v) is 8.31. The highest BCUT2D eigenvalue weighted by Gasteiger charge is 2.30. The fraction of sp³-hybridized carbons (Fsp3) is 0.688. The van der Waals surface area contributed by atoms with Crippen LogP contribution in [0.1, 0.15) is 19.8 Å². The van der Waals surface area contributed by atoms with Gasteiger partial charge in [-0.05, 0) is 18.8 Å². The summed E-state index contributed by atoms with van der Waals surface area (Å²) in [5.74, 6) is 1.16. The van der Waals surface area contributed by atoms with Gasteiger partial charge in [0.25, 0.3) is 5.56 Å². The molecule has 0 bridgehead atoms. The third-order valence-corrected chi connectivity index (χ3v) is 4.93. The van der Waals surface area contributed by atoms with E-state index in [1.54, 1.807) is 17.3 Å². The Bertz CT molecular complexity index is 624. The molecule has 3 rings (SSSR count). The van der Waals surface area contributed by atoms with Crippen LogP contribution in [0.25, 0.3) is 0 Å². The quantitative estimate of drug-likeness (QED) is 0.822. The molecule has 1 N–H and O–H groups in total. The number of aliphatic hydroxyl groups is 1. The van der Waals surface area contributed by atoms with Crippen LogP contribution in [0.3, 0.4) is 0 Å². The van der Waals surface area contributed by atoms with Crippen molar-refractivity contribution >= 4 is 11.7 Å². The molecule has 2 saturated heterocycles. The first kappa shape index (κ1) is 16.0. The summed E-state index contributed by atoms with van der Waals surface area (Å²) in [6.07, 6.45) is 5.09. The third-order valence-electron chi connectivity index (χ3n) is 4.93. The molecule has 1 atom stereocenters. The topological polar surface area (TPSA) is 78.7 Å². The Morgan fingerprint density at radius 3 is 2.78 bits per heavy atom. The van der Waals surface area contributed by atoms with Gasteiger partial charge in [-0.1, -0.05) is 6.92 Å². The van der Waals surface area contributed by atoms with Gasteiger partial charge in [-0.15, -0.1) is 0 Å². The highest BCUT2D eigenvalue weighted by atomic mass is 16.3. The predicted octanol–water partition coefficient (Wildman–Crippen LogP) is -0.0697. The summed E-state index contributed by atoms with van der Waals surface area (Å²) < 4.78 is 1.44. The number of hydrogen-bond acceptors (Lipinski definition) is 5. The Morgan fingerprint density at radius 2 is 2.13 bits per heavy atom. The van der Waals surface area contributed by atoms with Crippen molar-refractivity contribution < 1.29 is 9.90 Å². The van der Waals surface area contributed by atoms with E-state index in [-0.39, 0.29) is 30.5 Å². The van der Waals surface area contributed by atoms with Crippen LogP contribution in [-0.2, 0) is 11.3 Å². The molecule has 7 nitrogen and oxygen atoms in total. The summed E-state index contributed by atoms with van der Waals surface area (Å²) in [7, 11) is 0. The van der Waals surface area contributed by atoms with Crippen molar-refractivity contribution in [3.63, 3.8) is 0 Å². The Labute approximate surface area is 135 Å². The van der Waals surface area contributed by atoms with Crippen LogP contribution in [0.4, 0.5) is 5.82 Å². The molecule has 0 aliphatic carbocycles. The fourth-order valence-electron chi connectivity index (χ4n) is 3.23. The van der Waals surface area contributed by atoms with Crippen LogP contribution in [0.5, 0.6) is 0 Å². The van der Waals surface area contributed by atoms with Crippen molar-refractivity contribution in [2.24, 2.45) is 11.8 Å². The second kappa shape index (κ2) is 6.70. The average molecular weight is 320 g/mol. The van der Waals surface area contributed by atoms with Crippen molar-refractivity contribution in [2.45, 2.75) is 26.3 Å². The van der Waals surface area contributed by atoms with Gasteiger partial charge < -0.3 is 19.5 Å². The summed E-state index contributed by atoms with van der Waals surface area (Å²) in [6.45, 7) is 5.28. The van der Waals surface area contributed by atoms with Crippen molar-refractivity contribution in [1.29, 1.82) is 0 Å². The molecule has 3 heterocycles. The van der Waals surface area contributed by atoms with Crippen LogP contribution in [0.2, 0.25) is 0 Å². The number of nitrogens with zero attached hydrogens (tertiary/aromatic N) is 4. The summed E-state index contributed by atoms with van der Waals surface area (Å²) in [6, 6.07) is 0. The molecule has 126 valence electrons. The van der Waals surface area contributed by atoms with Crippen LogP contribution in [0.15, 0.2) is 17.2 Å². The van der Waals surface area contributed by atoms with Gasteiger partial charge >= 0.3 is 0 Å². The van der Waals surface area contributed by atoms with E-state index in [0.29, 0.717) is 18.3 Å². The summed E-state index contributed by atoms with van der Waals surface area (Å²) in [5.41, 5.74) is -0.230. The van der Waals surface area contributed by atoms with E-state index in [2.05, 4.69) is 11.9 Å². The highest BCUT2D eigenvalue weighted by Crippen LogP contribution is 2.20. The maximum Gasteiger partial charge on any atom is 0.293 e. The zero-order chi connectivity index (χ0) is 16.4. The molecule has 1 amide bonds. The number of aliphatic hydroxyl groups excluding tert-OH is 1. The maximum atomic E-state index is 12.6. The second-order valence-electron chi connectivity index (χ2n) is 6.54. The van der Waals surface area contributed by atoms with Gasteiger partial charge in [-0.25, -0.2) is 4.98 Å². The second-order valence-corrected chi connectivity index (χ2v) is 6.54. The molecule has 23 heavy (non-hydrogen) atoms. The zero-order valence-electron chi connectivity index (χ0n) is 13.5. The first-order valence-electron chi connectivity index (χ1n) is 8.31. The standard InChI is InChI=1S/C16H24N4O3/c1-2-12-7-20(8-12)14(22)10-19-6-4-17-15(16(19)23)18-5-3-13(9-18)11-21/h4,6,12-13,21H,2-3,5,7-11H2,1H3/t13-/m1/s1. The largest absolute Gasteiger partial charge is 0.396 e. The molecule has 2 fully saturated rings. The maximum absolute atomic E-state index is 12.6. The molecular formula is C16H24N4O3. The van der Waals surface area contributed by atoms with Gasteiger partial charge in [0.2, 0.25) is 5.91 Å². The molecule has 0 saturated carbocycles. The minimum atomic E-state index is -0.230. The van der Waals surface area contributed by atoms with Gasteiger partial charge in [0, 0.05) is 51.1 Å². The number of anilines is 1. The lowest BCUT2D eigenvalue weighted by Gasteiger charge is -2.39. The van der Waals surface area contributed by atoms with Crippen molar-refractivity contribution in [1.82, 2.24) is 14.5 Å². The molecule has 2 aliphatic heterocycles. The van der Waals surface area contributed by atoms with E-state index in [4.69, 9.17) is 0 Å². The van der Waals surface area contributed by atoms with E-state index >= 15 is 0 Å². The highest BCUT2D eigenvalue weighted by molar-refractivity contribution is 5.76. The Balaban J connectivity index is 1.68. The van der Waals surface area contributed by atoms with E-state index in [9.17, 15) is 14.7 Å². The summed E-state index contributed by atoms with van der Waals surface area (Å²) >= 11 is 0. The molecule has 0 radical (unpaired) electrons. The van der Waals surface area contributed by atoms with Crippen LogP contribution >= 0.6 is 0 Å². The number of hydrogen-bond donors (Lipinski definition) is 1. The average Bonchev–Trinajstić information content (AvgIpc) is 2.97. The normalized spacial score (nSPS) is 21.6. The van der Waals surface area contributed by atoms with Crippen molar-refractivity contribution in [3.05, 3.63) is 22.7 Å². The Morgan fingerprint density at radius 1 is 1.35 bits per heavy atom. The van der Waals surface area contributed by atoms with Gasteiger partial charge in [-0.2, -0.15) is 0 Å². The number of carbonyl (C=O) groups is 1. The van der Waals surface area contributed by atoms with Gasteiger partial charge in [0.05, 0.1) is 0 Å². The van der Waals surface area contributed by atoms with E-state index < -0.39 is 0 Å². The molecule has 0 aromatic carbocycles. The smallest absolute Gasteiger partial charge is 0.293 e. The monoisotopic (exact) mass is 320 g/mol. The van der Waals surface area contributed by atoms with Gasteiger partial charge in [-0.3, -0.25) is 9.59 Å². The predicted molar refractivity (Wildman–Crippen MR) is 86.3 cm³/mol. The van der Waals surface area contributed by atoms with Gasteiger partial charge in [0.15, 0.2) is 5.82 Å². The number of amides is 1. The van der Waals surface area contributed by atoms with Gasteiger partial charge in [0.1, 0.15) is 6.54 Å². The molecular weight excluding hydrogens is 296 g/mol. The SMILES string of the molecule is CCC1CN(C(=O)Cn2ccnc(N3CC[C@@H](CO)C3)c2=O)C1. The number of rotatable bonds is 5. The zero-order valence-corrected chi connectivity index (χ0v) is 13.5. The van der Waals surface area contributed by atoms with E-state index in [1.165, 1.54) is 4.57 Å². The fourth-order valence-corrected chi connectivity index (χ4v) is 3.23. The molecule has 0 spiro atoms. The minimum Gasteiger partial charge on any atom is -0.396 e. The molecule has 0 unspecified atom stereocenters. The number of aromatic nitrogens is 2. The number of carbonyl (C=O) groups excluding carboxylic acids is 1. The lowest BCUT2D eigenvalue weighted by molar-refractivity contribution is -0.138. The third kappa shape index (κ3) is 3.24. The Hall–Kier alpha value is -1.89. The first-order chi connectivity index (χ1) is 11.1. The Kier molecular flexibility index (Phi) is 4.66. The van der Waals surface area contributed by atoms with Crippen molar-refractivity contribution in [2.75, 3.05) is 37.7 Å². The molecule has 1 aromatic rings. The molecule has 2 aliphatic rings. The summed E-state index contributed by atoms with van der Waals surface area (Å²) in [5, 5.41) is 9.23. The van der Waals surface area contributed by atoms with Crippen LogP contribution in [-0.4, -0.2) is 58.3 Å². The lowest BCUT2D eigenvalue weighted by Crippen LogP contribution is -2.51. The molecule has 1 aromatic heterocycles. The van der Waals surface area contributed by atoms with Crippen molar-refractivity contribution in [3.8, 4) is 0 Å².